The van der Waals surface area contributed by atoms with Gasteiger partial charge in [-0.25, -0.2) is 9.59 Å². The number of phenolic OH excluding ortho intramolecular Hbond substituents is 1. The standard InChI is InChI=1S/C13H13NO6/c1-19-8-5-9(15)12-7(2-3-14-13(17)18)4-11(16)20-10(12)6-8/h4-6,14-15H,2-3H2,1H3,(H,17,18). The van der Waals surface area contributed by atoms with Crippen LogP contribution < -0.4 is 15.7 Å². The van der Waals surface area contributed by atoms with Crippen LogP contribution in [0.5, 0.6) is 11.5 Å². The summed E-state index contributed by atoms with van der Waals surface area (Å²) in [5.74, 6) is 0.271. The van der Waals surface area contributed by atoms with Crippen LogP contribution in [0, 0.1) is 0 Å². The van der Waals surface area contributed by atoms with Gasteiger partial charge in [0.25, 0.3) is 0 Å². The van der Waals surface area contributed by atoms with E-state index < -0.39 is 11.7 Å². The Morgan fingerprint density at radius 2 is 2.15 bits per heavy atom. The number of ether oxygens (including phenoxy) is 1. The molecule has 0 fully saturated rings. The summed E-state index contributed by atoms with van der Waals surface area (Å²) >= 11 is 0. The number of nitrogens with one attached hydrogen (secondary N) is 1. The molecule has 7 nitrogen and oxygen atoms in total. The Morgan fingerprint density at radius 1 is 1.40 bits per heavy atom. The van der Waals surface area contributed by atoms with Crippen molar-refractivity contribution in [2.24, 2.45) is 0 Å². The summed E-state index contributed by atoms with van der Waals surface area (Å²) in [6.45, 7) is 0.124. The number of benzene rings is 1. The fourth-order valence-electron chi connectivity index (χ4n) is 1.95. The van der Waals surface area contributed by atoms with Gasteiger partial charge in [0.2, 0.25) is 0 Å². The molecule has 0 radical (unpaired) electrons. The number of methoxy groups -OCH3 is 1. The molecule has 0 spiro atoms. The molecule has 0 saturated heterocycles. The zero-order valence-electron chi connectivity index (χ0n) is 10.7. The summed E-state index contributed by atoms with van der Waals surface area (Å²) in [4.78, 5) is 21.9. The van der Waals surface area contributed by atoms with E-state index in [1.807, 2.05) is 0 Å². The van der Waals surface area contributed by atoms with Crippen LogP contribution in [0.15, 0.2) is 27.4 Å². The summed E-state index contributed by atoms with van der Waals surface area (Å²) < 4.78 is 10.0. The number of rotatable bonds is 4. The van der Waals surface area contributed by atoms with Crippen molar-refractivity contribution < 1.29 is 24.2 Å². The quantitative estimate of drug-likeness (QED) is 0.728. The molecule has 0 bridgehead atoms. The van der Waals surface area contributed by atoms with Gasteiger partial charge in [0.15, 0.2) is 0 Å². The first kappa shape index (κ1) is 13.7. The lowest BCUT2D eigenvalue weighted by Gasteiger charge is -2.09. The molecule has 0 aliphatic heterocycles. The molecule has 0 aliphatic carbocycles. The van der Waals surface area contributed by atoms with E-state index in [0.717, 1.165) is 0 Å². The number of carboxylic acid groups (broad SMARTS) is 1. The molecular formula is C13H13NO6. The maximum Gasteiger partial charge on any atom is 0.404 e. The van der Waals surface area contributed by atoms with Crippen LogP contribution in [0.3, 0.4) is 0 Å². The Morgan fingerprint density at radius 3 is 2.80 bits per heavy atom. The highest BCUT2D eigenvalue weighted by Gasteiger charge is 2.12. The van der Waals surface area contributed by atoms with Crippen molar-refractivity contribution in [3.63, 3.8) is 0 Å². The summed E-state index contributed by atoms with van der Waals surface area (Å²) in [5.41, 5.74) is 0.125. The molecule has 2 aromatic rings. The van der Waals surface area contributed by atoms with Crippen molar-refractivity contribution in [1.82, 2.24) is 5.32 Å². The average molecular weight is 279 g/mol. The van der Waals surface area contributed by atoms with Gasteiger partial charge in [-0.1, -0.05) is 0 Å². The van der Waals surface area contributed by atoms with Crippen LogP contribution in [-0.2, 0) is 6.42 Å². The molecule has 0 unspecified atom stereocenters. The van der Waals surface area contributed by atoms with Crippen molar-refractivity contribution in [1.29, 1.82) is 0 Å². The number of carbonyl (C=O) groups is 1. The molecular weight excluding hydrogens is 266 g/mol. The molecule has 0 aliphatic rings. The molecule has 7 heteroatoms. The smallest absolute Gasteiger partial charge is 0.404 e. The van der Waals surface area contributed by atoms with Gasteiger partial charge in [0.1, 0.15) is 17.1 Å². The van der Waals surface area contributed by atoms with E-state index in [0.29, 0.717) is 16.7 Å². The third kappa shape index (κ3) is 2.82. The van der Waals surface area contributed by atoms with Crippen molar-refractivity contribution >= 4 is 17.1 Å². The van der Waals surface area contributed by atoms with Gasteiger partial charge in [-0.05, 0) is 12.0 Å². The molecule has 2 rings (SSSR count). The number of phenols is 1. The van der Waals surface area contributed by atoms with Gasteiger partial charge < -0.3 is 24.7 Å². The van der Waals surface area contributed by atoms with E-state index in [-0.39, 0.29) is 24.3 Å². The molecule has 0 saturated carbocycles. The van der Waals surface area contributed by atoms with Crippen LogP contribution in [0.2, 0.25) is 0 Å². The lowest BCUT2D eigenvalue weighted by molar-refractivity contribution is 0.194. The van der Waals surface area contributed by atoms with E-state index in [1.54, 1.807) is 0 Å². The van der Waals surface area contributed by atoms with Gasteiger partial charge >= 0.3 is 11.7 Å². The highest BCUT2D eigenvalue weighted by atomic mass is 16.5. The van der Waals surface area contributed by atoms with Crippen LogP contribution in [0.1, 0.15) is 5.56 Å². The Kier molecular flexibility index (Phi) is 3.79. The third-order valence-electron chi connectivity index (χ3n) is 2.78. The summed E-state index contributed by atoms with van der Waals surface area (Å²) in [6.07, 6.45) is -0.892. The zero-order valence-corrected chi connectivity index (χ0v) is 10.7. The topological polar surface area (TPSA) is 109 Å². The monoisotopic (exact) mass is 279 g/mol. The fraction of sp³-hybridized carbons (Fsp3) is 0.231. The Bertz CT molecular complexity index is 706. The number of aromatic hydroxyl groups is 1. The van der Waals surface area contributed by atoms with E-state index in [9.17, 15) is 14.7 Å². The van der Waals surface area contributed by atoms with Gasteiger partial charge in [0, 0.05) is 24.7 Å². The molecule has 1 aromatic carbocycles. The van der Waals surface area contributed by atoms with E-state index >= 15 is 0 Å². The van der Waals surface area contributed by atoms with Crippen LogP contribution in [-0.4, -0.2) is 30.0 Å². The Hall–Kier alpha value is -2.70. The molecule has 3 N–H and O–H groups in total. The predicted octanol–water partition coefficient (Wildman–Crippen LogP) is 1.32. The first-order valence-corrected chi connectivity index (χ1v) is 5.82. The maximum absolute atomic E-state index is 11.5. The largest absolute Gasteiger partial charge is 0.507 e. The molecule has 1 heterocycles. The Labute approximate surface area is 113 Å². The van der Waals surface area contributed by atoms with Crippen molar-refractivity contribution in [3.8, 4) is 11.5 Å². The zero-order chi connectivity index (χ0) is 14.7. The van der Waals surface area contributed by atoms with Gasteiger partial charge in [-0.3, -0.25) is 0 Å². The van der Waals surface area contributed by atoms with E-state index in [1.165, 1.54) is 25.3 Å². The minimum absolute atomic E-state index is 0.0894. The SMILES string of the molecule is COc1cc(O)c2c(CCNC(=O)O)cc(=O)oc2c1. The normalized spacial score (nSPS) is 10.4. The first-order valence-electron chi connectivity index (χ1n) is 5.82. The van der Waals surface area contributed by atoms with E-state index in [4.69, 9.17) is 14.3 Å². The maximum atomic E-state index is 11.5. The predicted molar refractivity (Wildman–Crippen MR) is 70.4 cm³/mol. The summed E-state index contributed by atoms with van der Waals surface area (Å²) in [5, 5.41) is 21.1. The van der Waals surface area contributed by atoms with Gasteiger partial charge in [-0.15, -0.1) is 0 Å². The lowest BCUT2D eigenvalue weighted by atomic mass is 10.1. The van der Waals surface area contributed by atoms with Crippen LogP contribution in [0.4, 0.5) is 4.79 Å². The number of amides is 1. The molecule has 1 amide bonds. The fourth-order valence-corrected chi connectivity index (χ4v) is 1.95. The van der Waals surface area contributed by atoms with Crippen molar-refractivity contribution in [3.05, 3.63) is 34.2 Å². The minimum atomic E-state index is -1.15. The molecule has 1 aromatic heterocycles. The van der Waals surface area contributed by atoms with Crippen molar-refractivity contribution in [2.75, 3.05) is 13.7 Å². The Balaban J connectivity index is 2.48. The first-order chi connectivity index (χ1) is 9.51. The second-order valence-corrected chi connectivity index (χ2v) is 4.09. The summed E-state index contributed by atoms with van der Waals surface area (Å²) in [6, 6.07) is 4.12. The van der Waals surface area contributed by atoms with Gasteiger partial charge in [0.05, 0.1) is 12.5 Å². The number of fused-ring (bicyclic) bond motifs is 1. The lowest BCUT2D eigenvalue weighted by Crippen LogP contribution is -2.23. The minimum Gasteiger partial charge on any atom is -0.507 e. The van der Waals surface area contributed by atoms with E-state index in [2.05, 4.69) is 5.32 Å². The average Bonchev–Trinajstić information content (AvgIpc) is 2.36. The molecule has 20 heavy (non-hydrogen) atoms. The number of hydrogen-bond donors (Lipinski definition) is 3. The second-order valence-electron chi connectivity index (χ2n) is 4.09. The highest BCUT2D eigenvalue weighted by Crippen LogP contribution is 2.32. The van der Waals surface area contributed by atoms with Crippen LogP contribution >= 0.6 is 0 Å². The molecule has 0 atom stereocenters. The summed E-state index contributed by atoms with van der Waals surface area (Å²) in [7, 11) is 1.43. The van der Waals surface area contributed by atoms with Gasteiger partial charge in [-0.2, -0.15) is 0 Å². The number of hydrogen-bond acceptors (Lipinski definition) is 5. The van der Waals surface area contributed by atoms with Crippen molar-refractivity contribution in [2.45, 2.75) is 6.42 Å². The van der Waals surface area contributed by atoms with Crippen LogP contribution in [0.25, 0.3) is 11.0 Å². The molecule has 106 valence electrons. The second kappa shape index (κ2) is 5.52. The highest BCUT2D eigenvalue weighted by molar-refractivity contribution is 5.88. The third-order valence-corrected chi connectivity index (χ3v) is 2.78.